The van der Waals surface area contributed by atoms with E-state index in [0.717, 1.165) is 43.2 Å². The first-order valence-corrected chi connectivity index (χ1v) is 10.3. The fourth-order valence-corrected chi connectivity index (χ4v) is 5.20. The van der Waals surface area contributed by atoms with Gasteiger partial charge >= 0.3 is 0 Å². The standard InChI is InChI=1S/C21H26N4O3/c26-19-4-3-18(20(27)23-19)25-12-14-2-1-13(9-16(14)21(25)28)10-24-11-15-5-7-22-8-6-17(15)24/h1-2,9,15,17-18,22H,3-8,10-12H2,(H,23,26,27)/t15-,17-,18?/m1/s1. The second kappa shape index (κ2) is 6.97. The molecule has 4 aliphatic heterocycles. The second-order valence-corrected chi connectivity index (χ2v) is 8.48. The SMILES string of the molecule is O=C1CCC(N2Cc3ccc(CN4C[C@H]5CCNCC[C@H]54)cc3C2=O)C(=O)N1. The highest BCUT2D eigenvalue weighted by atomic mass is 16.2. The molecule has 2 N–H and O–H groups in total. The van der Waals surface area contributed by atoms with E-state index < -0.39 is 6.04 Å². The van der Waals surface area contributed by atoms with Crippen LogP contribution in [0.15, 0.2) is 18.2 Å². The first kappa shape index (κ1) is 17.8. The molecule has 1 unspecified atom stereocenters. The molecule has 0 spiro atoms. The maximum Gasteiger partial charge on any atom is 0.255 e. The number of nitrogens with one attached hydrogen (secondary N) is 2. The van der Waals surface area contributed by atoms with Gasteiger partial charge in [-0.1, -0.05) is 12.1 Å². The van der Waals surface area contributed by atoms with Gasteiger partial charge in [0.15, 0.2) is 0 Å². The molecule has 4 heterocycles. The van der Waals surface area contributed by atoms with Gasteiger partial charge in [0.1, 0.15) is 6.04 Å². The predicted octanol–water partition coefficient (Wildman–Crippen LogP) is 0.631. The molecular formula is C21H26N4O3. The van der Waals surface area contributed by atoms with E-state index >= 15 is 0 Å². The van der Waals surface area contributed by atoms with E-state index in [1.54, 1.807) is 4.90 Å². The number of imide groups is 1. The Balaban J connectivity index is 1.29. The molecule has 28 heavy (non-hydrogen) atoms. The van der Waals surface area contributed by atoms with Crippen LogP contribution in [0.3, 0.4) is 0 Å². The highest BCUT2D eigenvalue weighted by Crippen LogP contribution is 2.34. The van der Waals surface area contributed by atoms with Crippen molar-refractivity contribution in [3.05, 3.63) is 34.9 Å². The summed E-state index contributed by atoms with van der Waals surface area (Å²) in [5.74, 6) is 0.0982. The molecule has 3 atom stereocenters. The zero-order valence-electron chi connectivity index (χ0n) is 15.9. The number of nitrogens with zero attached hydrogens (tertiary/aromatic N) is 2. The Bertz CT molecular complexity index is 839. The van der Waals surface area contributed by atoms with Gasteiger partial charge in [0.05, 0.1) is 0 Å². The molecule has 0 saturated carbocycles. The van der Waals surface area contributed by atoms with Crippen molar-refractivity contribution in [2.45, 2.75) is 50.9 Å². The van der Waals surface area contributed by atoms with Crippen molar-refractivity contribution >= 4 is 17.7 Å². The molecule has 4 aliphatic rings. The van der Waals surface area contributed by atoms with E-state index in [0.29, 0.717) is 24.6 Å². The Morgan fingerprint density at radius 2 is 1.93 bits per heavy atom. The van der Waals surface area contributed by atoms with Gasteiger partial charge in [0.25, 0.3) is 5.91 Å². The van der Waals surface area contributed by atoms with Crippen molar-refractivity contribution < 1.29 is 14.4 Å². The number of hydrogen-bond acceptors (Lipinski definition) is 5. The Kier molecular flexibility index (Phi) is 4.44. The Hall–Kier alpha value is -2.25. The minimum Gasteiger partial charge on any atom is -0.322 e. The Labute approximate surface area is 164 Å². The van der Waals surface area contributed by atoms with Gasteiger partial charge in [-0.25, -0.2) is 0 Å². The van der Waals surface area contributed by atoms with Crippen molar-refractivity contribution in [1.29, 1.82) is 0 Å². The second-order valence-electron chi connectivity index (χ2n) is 8.48. The van der Waals surface area contributed by atoms with Crippen LogP contribution >= 0.6 is 0 Å². The summed E-state index contributed by atoms with van der Waals surface area (Å²) in [5.41, 5.74) is 2.84. The van der Waals surface area contributed by atoms with Crippen molar-refractivity contribution in [3.63, 3.8) is 0 Å². The number of rotatable bonds is 3. The third-order valence-electron chi connectivity index (χ3n) is 6.77. The summed E-state index contributed by atoms with van der Waals surface area (Å²) < 4.78 is 0. The lowest BCUT2D eigenvalue weighted by atomic mass is 9.84. The number of piperidine rings is 1. The molecular weight excluding hydrogens is 356 g/mol. The summed E-state index contributed by atoms with van der Waals surface area (Å²) in [6.45, 7) is 4.67. The lowest BCUT2D eigenvalue weighted by molar-refractivity contribution is -0.136. The molecule has 3 fully saturated rings. The van der Waals surface area contributed by atoms with E-state index in [1.165, 1.54) is 12.8 Å². The maximum absolute atomic E-state index is 13.0. The minimum absolute atomic E-state index is 0.0912. The summed E-state index contributed by atoms with van der Waals surface area (Å²) in [6.07, 6.45) is 3.14. The number of carbonyl (C=O) groups excluding carboxylic acids is 3. The van der Waals surface area contributed by atoms with Crippen LogP contribution < -0.4 is 10.6 Å². The van der Waals surface area contributed by atoms with E-state index in [4.69, 9.17) is 0 Å². The average Bonchev–Trinajstić information content (AvgIpc) is 2.86. The maximum atomic E-state index is 13.0. The monoisotopic (exact) mass is 382 g/mol. The smallest absolute Gasteiger partial charge is 0.255 e. The summed E-state index contributed by atoms with van der Waals surface area (Å²) in [4.78, 5) is 40.7. The molecule has 0 radical (unpaired) electrons. The highest BCUT2D eigenvalue weighted by molar-refractivity contribution is 6.05. The zero-order valence-corrected chi connectivity index (χ0v) is 15.9. The molecule has 1 aromatic rings. The van der Waals surface area contributed by atoms with Gasteiger partial charge in [-0.2, -0.15) is 0 Å². The van der Waals surface area contributed by atoms with Crippen LogP contribution in [0.5, 0.6) is 0 Å². The van der Waals surface area contributed by atoms with Crippen LogP contribution in [0.2, 0.25) is 0 Å². The van der Waals surface area contributed by atoms with Gasteiger partial charge in [-0.05, 0) is 55.5 Å². The topological polar surface area (TPSA) is 81.8 Å². The fourth-order valence-electron chi connectivity index (χ4n) is 5.20. The molecule has 0 aliphatic carbocycles. The zero-order chi connectivity index (χ0) is 19.3. The summed E-state index contributed by atoms with van der Waals surface area (Å²) >= 11 is 0. The van der Waals surface area contributed by atoms with Crippen LogP contribution in [0.4, 0.5) is 0 Å². The molecule has 3 amide bonds. The van der Waals surface area contributed by atoms with Crippen molar-refractivity contribution in [1.82, 2.24) is 20.4 Å². The van der Waals surface area contributed by atoms with E-state index in [-0.39, 0.29) is 24.1 Å². The lowest BCUT2D eigenvalue weighted by Crippen LogP contribution is -2.55. The van der Waals surface area contributed by atoms with Gasteiger partial charge in [0.2, 0.25) is 11.8 Å². The normalized spacial score (nSPS) is 30.4. The largest absolute Gasteiger partial charge is 0.322 e. The van der Waals surface area contributed by atoms with Gasteiger partial charge < -0.3 is 10.2 Å². The van der Waals surface area contributed by atoms with Crippen molar-refractivity contribution in [2.24, 2.45) is 5.92 Å². The first-order valence-electron chi connectivity index (χ1n) is 10.3. The highest BCUT2D eigenvalue weighted by Gasteiger charge is 2.40. The number of likely N-dealkylation sites (tertiary alicyclic amines) is 1. The van der Waals surface area contributed by atoms with Crippen LogP contribution in [-0.4, -0.2) is 59.2 Å². The van der Waals surface area contributed by atoms with Gasteiger partial charge in [0, 0.05) is 37.7 Å². The van der Waals surface area contributed by atoms with Crippen LogP contribution in [0.25, 0.3) is 0 Å². The fraction of sp³-hybridized carbons (Fsp3) is 0.571. The minimum atomic E-state index is -0.546. The molecule has 0 aromatic heterocycles. The molecule has 0 bridgehead atoms. The molecule has 5 rings (SSSR count). The summed E-state index contributed by atoms with van der Waals surface area (Å²) in [6, 6.07) is 6.25. The van der Waals surface area contributed by atoms with Gasteiger partial charge in [-0.3, -0.25) is 24.6 Å². The summed E-state index contributed by atoms with van der Waals surface area (Å²) in [7, 11) is 0. The van der Waals surface area contributed by atoms with Crippen LogP contribution in [0, 0.1) is 5.92 Å². The number of hydrogen-bond donors (Lipinski definition) is 2. The average molecular weight is 382 g/mol. The van der Waals surface area contributed by atoms with Crippen molar-refractivity contribution in [3.8, 4) is 0 Å². The van der Waals surface area contributed by atoms with Crippen molar-refractivity contribution in [2.75, 3.05) is 19.6 Å². The van der Waals surface area contributed by atoms with E-state index in [1.807, 2.05) is 12.1 Å². The lowest BCUT2D eigenvalue weighted by Gasteiger charge is -2.47. The molecule has 7 nitrogen and oxygen atoms in total. The molecule has 7 heteroatoms. The third-order valence-corrected chi connectivity index (χ3v) is 6.77. The van der Waals surface area contributed by atoms with Crippen LogP contribution in [0.1, 0.15) is 47.2 Å². The number of amides is 3. The molecule has 148 valence electrons. The molecule has 1 aromatic carbocycles. The number of fused-ring (bicyclic) bond motifs is 2. The predicted molar refractivity (Wildman–Crippen MR) is 102 cm³/mol. The summed E-state index contributed by atoms with van der Waals surface area (Å²) in [5, 5.41) is 5.84. The number of benzene rings is 1. The van der Waals surface area contributed by atoms with Gasteiger partial charge in [-0.15, -0.1) is 0 Å². The Morgan fingerprint density at radius 1 is 1.07 bits per heavy atom. The molecule has 3 saturated heterocycles. The van der Waals surface area contributed by atoms with E-state index in [9.17, 15) is 14.4 Å². The Morgan fingerprint density at radius 3 is 2.79 bits per heavy atom. The quantitative estimate of drug-likeness (QED) is 0.750. The first-order chi connectivity index (χ1) is 13.6. The number of carbonyl (C=O) groups is 3. The van der Waals surface area contributed by atoms with Crippen LogP contribution in [-0.2, 0) is 22.7 Å². The van der Waals surface area contributed by atoms with E-state index in [2.05, 4.69) is 21.6 Å². The third kappa shape index (κ3) is 3.02.